The van der Waals surface area contributed by atoms with Gasteiger partial charge in [-0.25, -0.2) is 0 Å². The molecule has 0 N–H and O–H groups in total. The van der Waals surface area contributed by atoms with E-state index in [4.69, 9.17) is 14.0 Å². The molecule has 166 valence electrons. The van der Waals surface area contributed by atoms with E-state index >= 15 is 0 Å². The summed E-state index contributed by atoms with van der Waals surface area (Å²) in [5.41, 5.74) is 0.881. The topological polar surface area (TPSA) is 121 Å². The minimum absolute atomic E-state index is 0.0713. The predicted octanol–water partition coefficient (Wildman–Crippen LogP) is 3.86. The summed E-state index contributed by atoms with van der Waals surface area (Å²) in [5, 5.41) is 15.1. The Morgan fingerprint density at radius 1 is 1.22 bits per heavy atom. The molecule has 10 nitrogen and oxygen atoms in total. The fourth-order valence-corrected chi connectivity index (χ4v) is 3.39. The van der Waals surface area contributed by atoms with Crippen molar-refractivity contribution in [2.45, 2.75) is 32.7 Å². The van der Waals surface area contributed by atoms with Crippen molar-refractivity contribution in [3.05, 3.63) is 64.0 Å². The van der Waals surface area contributed by atoms with Gasteiger partial charge < -0.3 is 18.9 Å². The van der Waals surface area contributed by atoms with Crippen LogP contribution in [0.15, 0.2) is 47.0 Å². The number of nitrogens with zero attached hydrogens (tertiary/aromatic N) is 4. The molecule has 1 atom stereocenters. The highest BCUT2D eigenvalue weighted by Crippen LogP contribution is 2.35. The van der Waals surface area contributed by atoms with E-state index in [1.165, 1.54) is 18.2 Å². The van der Waals surface area contributed by atoms with Crippen molar-refractivity contribution >= 4 is 11.6 Å². The predicted molar refractivity (Wildman–Crippen MR) is 113 cm³/mol. The molecule has 1 aromatic heterocycles. The third kappa shape index (κ3) is 4.39. The number of amides is 1. The van der Waals surface area contributed by atoms with Crippen molar-refractivity contribution in [2.24, 2.45) is 0 Å². The van der Waals surface area contributed by atoms with Gasteiger partial charge in [-0.15, -0.1) is 0 Å². The molecule has 0 saturated carbocycles. The van der Waals surface area contributed by atoms with Crippen molar-refractivity contribution < 1.29 is 23.7 Å². The van der Waals surface area contributed by atoms with E-state index in [-0.39, 0.29) is 30.0 Å². The first kappa shape index (κ1) is 21.3. The van der Waals surface area contributed by atoms with Crippen LogP contribution in [0.5, 0.6) is 11.5 Å². The van der Waals surface area contributed by atoms with Crippen molar-refractivity contribution in [2.75, 3.05) is 13.3 Å². The Labute approximate surface area is 183 Å². The molecule has 0 radical (unpaired) electrons. The number of hydrogen-bond acceptors (Lipinski definition) is 8. The number of non-ortho nitro benzene ring substituents is 1. The third-order valence-electron chi connectivity index (χ3n) is 5.35. The van der Waals surface area contributed by atoms with Gasteiger partial charge in [-0.1, -0.05) is 18.1 Å². The van der Waals surface area contributed by atoms with E-state index in [0.29, 0.717) is 36.2 Å². The molecule has 1 amide bonds. The zero-order valence-electron chi connectivity index (χ0n) is 17.7. The maximum absolute atomic E-state index is 13.1. The Hall–Kier alpha value is -3.95. The Bertz CT molecular complexity index is 1140. The summed E-state index contributed by atoms with van der Waals surface area (Å²) in [6.07, 6.45) is 1.08. The minimum Gasteiger partial charge on any atom is -0.454 e. The van der Waals surface area contributed by atoms with E-state index in [1.807, 2.05) is 19.9 Å². The fourth-order valence-electron chi connectivity index (χ4n) is 3.39. The zero-order chi connectivity index (χ0) is 22.7. The normalized spacial score (nSPS) is 13.1. The molecule has 0 saturated heterocycles. The van der Waals surface area contributed by atoms with Gasteiger partial charge in [-0.05, 0) is 37.6 Å². The number of benzene rings is 2. The molecule has 2 heterocycles. The highest BCUT2D eigenvalue weighted by molar-refractivity contribution is 5.95. The molecule has 32 heavy (non-hydrogen) atoms. The van der Waals surface area contributed by atoms with Crippen LogP contribution in [0, 0.1) is 10.1 Å². The first-order valence-electron chi connectivity index (χ1n) is 10.2. The summed E-state index contributed by atoms with van der Waals surface area (Å²) >= 11 is 0. The molecular formula is C22H22N4O6. The first-order valence-corrected chi connectivity index (χ1v) is 10.2. The van der Waals surface area contributed by atoms with Crippen LogP contribution < -0.4 is 9.47 Å². The molecule has 2 aromatic carbocycles. The van der Waals surface area contributed by atoms with Crippen molar-refractivity contribution in [1.29, 1.82) is 0 Å². The summed E-state index contributed by atoms with van der Waals surface area (Å²) in [6, 6.07) is 11.1. The van der Waals surface area contributed by atoms with Gasteiger partial charge in [0.05, 0.1) is 4.92 Å². The Balaban J connectivity index is 1.48. The highest BCUT2D eigenvalue weighted by Gasteiger charge is 2.23. The van der Waals surface area contributed by atoms with Gasteiger partial charge in [0.2, 0.25) is 18.5 Å². The van der Waals surface area contributed by atoms with Crippen LogP contribution in [0.1, 0.15) is 36.5 Å². The van der Waals surface area contributed by atoms with Crippen LogP contribution in [0.25, 0.3) is 11.4 Å². The number of aromatic nitrogens is 2. The second-order valence-corrected chi connectivity index (χ2v) is 7.39. The molecule has 10 heteroatoms. The largest absolute Gasteiger partial charge is 0.454 e. The van der Waals surface area contributed by atoms with E-state index in [2.05, 4.69) is 10.1 Å². The van der Waals surface area contributed by atoms with Crippen molar-refractivity contribution in [3.8, 4) is 22.9 Å². The Kier molecular flexibility index (Phi) is 6.02. The number of ether oxygens (including phenoxy) is 2. The van der Waals surface area contributed by atoms with Crippen LogP contribution in [-0.2, 0) is 6.42 Å². The second-order valence-electron chi connectivity index (χ2n) is 7.39. The van der Waals surface area contributed by atoms with Gasteiger partial charge in [-0.2, -0.15) is 4.98 Å². The standard InChI is InChI=1S/C22H22N4O6/c1-3-14(2)25(22(27)16-5-4-6-17(11-16)26(28)29)10-9-20-23-21(24-32-20)15-7-8-18-19(12-15)31-13-30-18/h4-8,11-12,14H,3,9-10,13H2,1-2H3. The van der Waals surface area contributed by atoms with E-state index in [0.717, 1.165) is 12.0 Å². The lowest BCUT2D eigenvalue weighted by Crippen LogP contribution is -2.39. The van der Waals surface area contributed by atoms with Gasteiger partial charge in [-0.3, -0.25) is 14.9 Å². The molecule has 4 rings (SSSR count). The summed E-state index contributed by atoms with van der Waals surface area (Å²) in [7, 11) is 0. The molecule has 0 spiro atoms. The lowest BCUT2D eigenvalue weighted by atomic mass is 10.1. The van der Waals surface area contributed by atoms with Crippen LogP contribution in [-0.4, -0.2) is 45.3 Å². The second kappa shape index (κ2) is 9.04. The third-order valence-corrected chi connectivity index (χ3v) is 5.35. The first-order chi connectivity index (χ1) is 15.5. The fraction of sp³-hybridized carbons (Fsp3) is 0.318. The number of carbonyl (C=O) groups excluding carboxylic acids is 1. The van der Waals surface area contributed by atoms with Gasteiger partial charge in [0.25, 0.3) is 11.6 Å². The number of fused-ring (bicyclic) bond motifs is 1. The average Bonchev–Trinajstić information content (AvgIpc) is 3.47. The number of carbonyl (C=O) groups is 1. The molecule has 1 aliphatic heterocycles. The van der Waals surface area contributed by atoms with Crippen LogP contribution in [0.4, 0.5) is 5.69 Å². The average molecular weight is 438 g/mol. The van der Waals surface area contributed by atoms with Crippen LogP contribution in [0.2, 0.25) is 0 Å². The number of nitro groups is 1. The van der Waals surface area contributed by atoms with E-state index in [1.54, 1.807) is 23.1 Å². The quantitative estimate of drug-likeness (QED) is 0.384. The summed E-state index contributed by atoms with van der Waals surface area (Å²) < 4.78 is 16.1. The number of rotatable bonds is 8. The summed E-state index contributed by atoms with van der Waals surface area (Å²) in [5.74, 6) is 1.82. The van der Waals surface area contributed by atoms with Gasteiger partial charge in [0.1, 0.15) is 0 Å². The molecule has 1 unspecified atom stereocenters. The van der Waals surface area contributed by atoms with Crippen molar-refractivity contribution in [1.82, 2.24) is 15.0 Å². The van der Waals surface area contributed by atoms with E-state index < -0.39 is 4.92 Å². The molecular weight excluding hydrogens is 416 g/mol. The number of nitro benzene ring substituents is 1. The smallest absolute Gasteiger partial charge is 0.270 e. The van der Waals surface area contributed by atoms with E-state index in [9.17, 15) is 14.9 Å². The van der Waals surface area contributed by atoms with Crippen LogP contribution in [0.3, 0.4) is 0 Å². The molecule has 3 aromatic rings. The lowest BCUT2D eigenvalue weighted by molar-refractivity contribution is -0.384. The lowest BCUT2D eigenvalue weighted by Gasteiger charge is -2.28. The highest BCUT2D eigenvalue weighted by atomic mass is 16.7. The maximum Gasteiger partial charge on any atom is 0.270 e. The SMILES string of the molecule is CCC(C)N(CCc1nc(-c2ccc3c(c2)OCO3)no1)C(=O)c1cccc([N+](=O)[O-])c1. The summed E-state index contributed by atoms with van der Waals surface area (Å²) in [4.78, 5) is 29.7. The molecule has 0 bridgehead atoms. The Morgan fingerprint density at radius 3 is 2.81 bits per heavy atom. The Morgan fingerprint density at radius 2 is 2.03 bits per heavy atom. The van der Waals surface area contributed by atoms with Gasteiger partial charge >= 0.3 is 0 Å². The minimum atomic E-state index is -0.513. The van der Waals surface area contributed by atoms with Gasteiger partial charge in [0.15, 0.2) is 11.5 Å². The van der Waals surface area contributed by atoms with Gasteiger partial charge in [0, 0.05) is 42.3 Å². The summed E-state index contributed by atoms with van der Waals surface area (Å²) in [6.45, 7) is 4.42. The zero-order valence-corrected chi connectivity index (χ0v) is 17.7. The van der Waals surface area contributed by atoms with Crippen LogP contribution >= 0.6 is 0 Å². The van der Waals surface area contributed by atoms with Crippen molar-refractivity contribution in [3.63, 3.8) is 0 Å². The molecule has 0 aliphatic carbocycles. The number of hydrogen-bond donors (Lipinski definition) is 0. The maximum atomic E-state index is 13.1. The molecule has 1 aliphatic rings. The molecule has 0 fully saturated rings. The monoisotopic (exact) mass is 438 g/mol.